The summed E-state index contributed by atoms with van der Waals surface area (Å²) in [6.07, 6.45) is 2.05. The number of pyridine rings is 1. The molecule has 37 heavy (non-hydrogen) atoms. The zero-order chi connectivity index (χ0) is 26.5. The second kappa shape index (κ2) is 10.9. The number of amides is 1. The van der Waals surface area contributed by atoms with E-state index in [1.54, 1.807) is 25.1 Å². The smallest absolute Gasteiger partial charge is 0.433 e. The number of hydrogen-bond acceptors (Lipinski definition) is 4. The molecule has 4 N–H and O–H groups in total. The molecule has 0 bridgehead atoms. The molecule has 2 aromatic carbocycles. The van der Waals surface area contributed by atoms with Gasteiger partial charge in [-0.15, -0.1) is 0 Å². The highest BCUT2D eigenvalue weighted by Gasteiger charge is 2.17. The van der Waals surface area contributed by atoms with Crippen LogP contribution in [0.25, 0.3) is 16.8 Å². The number of hydrogen-bond donors (Lipinski definition) is 3. The fraction of sp³-hybridized carbons (Fsp3) is 0.179. The summed E-state index contributed by atoms with van der Waals surface area (Å²) in [7, 11) is 0. The molecule has 4 rings (SSSR count). The monoisotopic (exact) mass is 497 g/mol. The van der Waals surface area contributed by atoms with E-state index in [0.717, 1.165) is 28.8 Å². The lowest BCUT2D eigenvalue weighted by atomic mass is 9.96. The number of aryl methyl sites for hydroxylation is 2. The van der Waals surface area contributed by atoms with Gasteiger partial charge in [-0.25, -0.2) is 9.78 Å². The minimum Gasteiger partial charge on any atom is -0.463 e. The number of nitrogens with zero attached hydrogens (tertiary/aromatic N) is 3. The van der Waals surface area contributed by atoms with E-state index < -0.39 is 6.09 Å². The largest absolute Gasteiger partial charge is 0.463 e. The third kappa shape index (κ3) is 5.56. The first-order valence-corrected chi connectivity index (χ1v) is 11.8. The maximum absolute atomic E-state index is 13.6. The predicted molar refractivity (Wildman–Crippen MR) is 143 cm³/mol. The van der Waals surface area contributed by atoms with Crippen LogP contribution in [0.15, 0.2) is 81.4 Å². The summed E-state index contributed by atoms with van der Waals surface area (Å²) in [5, 5.41) is 8.97. The number of H-pyrrole nitrogens is 1. The second-order valence-electron chi connectivity index (χ2n) is 8.58. The van der Waals surface area contributed by atoms with Crippen molar-refractivity contribution in [2.24, 2.45) is 10.7 Å². The average Bonchev–Trinajstić information content (AvgIpc) is 2.87. The lowest BCUT2D eigenvalue weighted by Gasteiger charge is -2.15. The molecule has 0 atom stereocenters. The fourth-order valence-corrected chi connectivity index (χ4v) is 4.31. The Balaban J connectivity index is 1.73. The summed E-state index contributed by atoms with van der Waals surface area (Å²) >= 11 is 0. The Morgan fingerprint density at radius 3 is 2.46 bits per heavy atom. The molecule has 0 aliphatic rings. The molecule has 9 nitrogen and oxygen atoms in total. The Morgan fingerprint density at radius 1 is 1.08 bits per heavy atom. The lowest BCUT2D eigenvalue weighted by Crippen LogP contribution is -2.28. The Morgan fingerprint density at radius 2 is 1.81 bits per heavy atom. The Bertz CT molecular complexity index is 1580. The molecule has 188 valence electrons. The minimum atomic E-state index is -1.36. The van der Waals surface area contributed by atoms with Crippen LogP contribution in [0, 0.1) is 6.92 Å². The Labute approximate surface area is 213 Å². The summed E-state index contributed by atoms with van der Waals surface area (Å²) in [6.45, 7) is 3.82. The quantitative estimate of drug-likeness (QED) is 0.262. The van der Waals surface area contributed by atoms with E-state index in [1.807, 2.05) is 43.3 Å². The van der Waals surface area contributed by atoms with Crippen LogP contribution in [0.3, 0.4) is 0 Å². The van der Waals surface area contributed by atoms with Gasteiger partial charge < -0.3 is 15.8 Å². The number of carboxylic acid groups (broad SMARTS) is 1. The van der Waals surface area contributed by atoms with E-state index in [-0.39, 0.29) is 17.0 Å². The van der Waals surface area contributed by atoms with E-state index >= 15 is 0 Å². The van der Waals surface area contributed by atoms with Crippen LogP contribution in [0.2, 0.25) is 0 Å². The molecule has 4 aromatic rings. The van der Waals surface area contributed by atoms with Gasteiger partial charge in [0, 0.05) is 29.8 Å². The molecule has 0 saturated heterocycles. The zero-order valence-corrected chi connectivity index (χ0v) is 20.6. The van der Waals surface area contributed by atoms with E-state index in [1.165, 1.54) is 16.8 Å². The van der Waals surface area contributed by atoms with Gasteiger partial charge in [-0.3, -0.25) is 14.2 Å². The van der Waals surface area contributed by atoms with Crippen molar-refractivity contribution < 1.29 is 9.90 Å². The van der Waals surface area contributed by atoms with E-state index in [0.29, 0.717) is 35.5 Å². The van der Waals surface area contributed by atoms with Gasteiger partial charge in [0.15, 0.2) is 0 Å². The highest BCUT2D eigenvalue weighted by atomic mass is 16.4. The standard InChI is InChI=1S/C28H27N5O4/c1-3-6-24-23(27(35)33(17(2)31-24)20-13-14-25(34)30-16-20)15-18-9-11-19(12-10-18)21-7-4-5-8-22(21)26(29)32-28(36)37/h4-5,7-14,16H,3,6,15H2,1-2H3,(H2,29,32)(H,30,34)(H,36,37). The van der Waals surface area contributed by atoms with Gasteiger partial charge in [-0.2, -0.15) is 4.99 Å². The average molecular weight is 498 g/mol. The van der Waals surface area contributed by atoms with Crippen LogP contribution in [-0.4, -0.2) is 31.6 Å². The zero-order valence-electron chi connectivity index (χ0n) is 20.6. The molecule has 0 unspecified atom stereocenters. The molecule has 9 heteroatoms. The highest BCUT2D eigenvalue weighted by Crippen LogP contribution is 2.25. The van der Waals surface area contributed by atoms with E-state index in [2.05, 4.69) is 9.98 Å². The van der Waals surface area contributed by atoms with E-state index in [9.17, 15) is 14.4 Å². The molecule has 0 radical (unpaired) electrons. The molecule has 0 aliphatic heterocycles. The molecular formula is C28H27N5O4. The maximum atomic E-state index is 13.6. The number of nitrogens with one attached hydrogen (secondary N) is 1. The van der Waals surface area contributed by atoms with Gasteiger partial charge in [-0.1, -0.05) is 61.9 Å². The first-order chi connectivity index (χ1) is 17.8. The van der Waals surface area contributed by atoms with Crippen LogP contribution in [0.5, 0.6) is 0 Å². The van der Waals surface area contributed by atoms with Gasteiger partial charge in [0.1, 0.15) is 11.7 Å². The molecule has 0 spiro atoms. The number of rotatable bonds is 7. The van der Waals surface area contributed by atoms with Crippen LogP contribution >= 0.6 is 0 Å². The Hall–Kier alpha value is -4.79. The van der Waals surface area contributed by atoms with Crippen molar-refractivity contribution in [1.82, 2.24) is 14.5 Å². The molecule has 0 fully saturated rings. The van der Waals surface area contributed by atoms with Crippen LogP contribution in [-0.2, 0) is 12.8 Å². The maximum Gasteiger partial charge on any atom is 0.433 e. The van der Waals surface area contributed by atoms with Crippen molar-refractivity contribution in [3.63, 3.8) is 0 Å². The first kappa shape index (κ1) is 25.3. The second-order valence-corrected chi connectivity index (χ2v) is 8.58. The predicted octanol–water partition coefficient (Wildman–Crippen LogP) is 3.82. The highest BCUT2D eigenvalue weighted by molar-refractivity contribution is 6.07. The van der Waals surface area contributed by atoms with Crippen molar-refractivity contribution in [1.29, 1.82) is 0 Å². The van der Waals surface area contributed by atoms with Gasteiger partial charge in [-0.05, 0) is 36.1 Å². The van der Waals surface area contributed by atoms with Crippen molar-refractivity contribution in [2.75, 3.05) is 0 Å². The van der Waals surface area contributed by atoms with Crippen molar-refractivity contribution >= 4 is 11.9 Å². The number of carbonyl (C=O) groups is 1. The third-order valence-electron chi connectivity index (χ3n) is 6.01. The van der Waals surface area contributed by atoms with E-state index in [4.69, 9.17) is 15.8 Å². The normalized spacial score (nSPS) is 11.5. The molecular weight excluding hydrogens is 470 g/mol. The summed E-state index contributed by atoms with van der Waals surface area (Å²) < 4.78 is 1.51. The third-order valence-corrected chi connectivity index (χ3v) is 6.01. The van der Waals surface area contributed by atoms with Crippen molar-refractivity contribution in [3.05, 3.63) is 116 Å². The number of amidine groups is 1. The summed E-state index contributed by atoms with van der Waals surface area (Å²) in [6, 6.07) is 17.8. The lowest BCUT2D eigenvalue weighted by molar-refractivity contribution is 0.205. The first-order valence-electron chi connectivity index (χ1n) is 11.8. The van der Waals surface area contributed by atoms with Gasteiger partial charge in [0.05, 0.1) is 11.4 Å². The topological polar surface area (TPSA) is 143 Å². The van der Waals surface area contributed by atoms with Crippen LogP contribution in [0.1, 0.15) is 41.6 Å². The molecule has 1 amide bonds. The molecule has 0 saturated carbocycles. The van der Waals surface area contributed by atoms with Crippen molar-refractivity contribution in [2.45, 2.75) is 33.1 Å². The minimum absolute atomic E-state index is 0.0788. The number of nitrogens with two attached hydrogens (primary N) is 1. The fourth-order valence-electron chi connectivity index (χ4n) is 4.31. The SMILES string of the molecule is CCCc1nc(C)n(-c2ccc(=O)[nH]c2)c(=O)c1Cc1ccc(-c2ccccc2/C(N)=N/C(=O)O)cc1. The van der Waals surface area contributed by atoms with Crippen molar-refractivity contribution in [3.8, 4) is 16.8 Å². The summed E-state index contributed by atoms with van der Waals surface area (Å²) in [5.74, 6) is 0.474. The van der Waals surface area contributed by atoms with Crippen LogP contribution < -0.4 is 16.9 Å². The number of aliphatic imine (C=N–C) groups is 1. The van der Waals surface area contributed by atoms with Gasteiger partial charge in [0.25, 0.3) is 5.56 Å². The summed E-state index contributed by atoms with van der Waals surface area (Å²) in [4.78, 5) is 46.9. The molecule has 2 aromatic heterocycles. The number of aromatic amines is 1. The summed E-state index contributed by atoms with van der Waals surface area (Å²) in [5.41, 5.74) is 10.4. The van der Waals surface area contributed by atoms with Crippen LogP contribution in [0.4, 0.5) is 4.79 Å². The Kier molecular flexibility index (Phi) is 7.43. The number of benzene rings is 2. The van der Waals surface area contributed by atoms with Gasteiger partial charge in [0.2, 0.25) is 5.56 Å². The van der Waals surface area contributed by atoms with Gasteiger partial charge >= 0.3 is 6.09 Å². The number of aromatic nitrogens is 3. The molecule has 2 heterocycles. The molecule has 0 aliphatic carbocycles.